The van der Waals surface area contributed by atoms with Crippen LogP contribution in [0.4, 0.5) is 0 Å². The summed E-state index contributed by atoms with van der Waals surface area (Å²) in [6, 6.07) is 0. The van der Waals surface area contributed by atoms with E-state index in [0.717, 1.165) is 0 Å². The summed E-state index contributed by atoms with van der Waals surface area (Å²) >= 11 is 0.535. The first-order valence-corrected chi connectivity index (χ1v) is 5.70. The van der Waals surface area contributed by atoms with Gasteiger partial charge >= 0.3 is 102 Å². The van der Waals surface area contributed by atoms with Crippen LogP contribution in [0.2, 0.25) is 0 Å². The average molecular weight is 177 g/mol. The molecule has 0 saturated carbocycles. The standard InChI is InChI=1S/C2H6O.ClH.2K.H2O/c1-2-3;;;;/h3H,2H2,1H3;1H;;;1H2/q;;2*+1;/p-2. The summed E-state index contributed by atoms with van der Waals surface area (Å²) in [5.41, 5.74) is 0. The van der Waals surface area contributed by atoms with Gasteiger partial charge in [0.25, 0.3) is 0 Å². The maximum absolute atomic E-state index is 7.57. The minimum atomic E-state index is 0. The van der Waals surface area contributed by atoms with Crippen LogP contribution in [0.1, 0.15) is 6.92 Å². The van der Waals surface area contributed by atoms with Crippen molar-refractivity contribution in [2.45, 2.75) is 6.92 Å². The Balaban J connectivity index is -0.0000000105. The molecule has 0 amide bonds. The fraction of sp³-hybridized carbons (Fsp3) is 1.00. The fourth-order valence-electron chi connectivity index (χ4n) is 0. The number of aliphatic hydroxyl groups is 1. The van der Waals surface area contributed by atoms with Gasteiger partial charge in [0.1, 0.15) is 0 Å². The van der Waals surface area contributed by atoms with E-state index >= 15 is 0 Å². The molecule has 0 aliphatic heterocycles. The van der Waals surface area contributed by atoms with E-state index < -0.39 is 0 Å². The molecule has 2 N–H and O–H groups in total. The van der Waals surface area contributed by atoms with Gasteiger partial charge in [-0.2, -0.15) is 0 Å². The zero-order chi connectivity index (χ0) is 4.71. The molecule has 0 aromatic carbocycles. The van der Waals surface area contributed by atoms with E-state index in [2.05, 4.69) is 0 Å². The van der Waals surface area contributed by atoms with E-state index in [4.69, 9.17) is 8.87 Å². The quantitative estimate of drug-likeness (QED) is 0.404. The molecule has 0 aliphatic rings. The van der Waals surface area contributed by atoms with Gasteiger partial charge in [0.2, 0.25) is 0 Å². The van der Waals surface area contributed by atoms with Crippen LogP contribution in [-0.4, -0.2) is 64.3 Å². The minimum absolute atomic E-state index is 0. The Morgan fingerprint density at radius 2 is 1.57 bits per heavy atom. The topological polar surface area (TPSA) is 50.2 Å². The van der Waals surface area contributed by atoms with E-state index in [0.29, 0.717) is 47.1 Å². The first-order valence-electron chi connectivity index (χ1n) is 1.40. The number of hydrogen-bond acceptors (Lipinski definition) is 2. The molecule has 0 atom stereocenters. The SMILES string of the molecule is CCO.[Cl][K].[K+].[OH-]. The summed E-state index contributed by atoms with van der Waals surface area (Å²) in [5.74, 6) is 0. The Morgan fingerprint density at radius 1 is 1.57 bits per heavy atom. The molecule has 0 saturated heterocycles. The van der Waals surface area contributed by atoms with Crippen LogP contribution in [0.3, 0.4) is 0 Å². The average Bonchev–Trinajstić information content (AvgIpc) is 1.46. The Morgan fingerprint density at radius 3 is 1.57 bits per heavy atom. The van der Waals surface area contributed by atoms with Gasteiger partial charge < -0.3 is 10.6 Å². The van der Waals surface area contributed by atoms with Crippen LogP contribution in [0.25, 0.3) is 0 Å². The maximum atomic E-state index is 7.57. The molecule has 0 heterocycles. The van der Waals surface area contributed by atoms with E-state index in [1.165, 1.54) is 0 Å². The zero-order valence-electron chi connectivity index (χ0n) is 4.98. The number of aliphatic hydroxyl groups excluding tert-OH is 1. The predicted molar refractivity (Wildman–Crippen MR) is 26.3 cm³/mol. The van der Waals surface area contributed by atoms with Crippen molar-refractivity contribution in [2.75, 3.05) is 6.61 Å². The predicted octanol–water partition coefficient (Wildman–Crippen LogP) is -2.87. The Kier molecular flexibility index (Phi) is 109. The van der Waals surface area contributed by atoms with Crippen molar-refractivity contribution in [3.05, 3.63) is 0 Å². The van der Waals surface area contributed by atoms with Crippen molar-refractivity contribution < 1.29 is 62.0 Å². The van der Waals surface area contributed by atoms with Crippen molar-refractivity contribution in [1.82, 2.24) is 0 Å². The van der Waals surface area contributed by atoms with Gasteiger partial charge in [-0.05, 0) is 6.92 Å². The molecule has 0 aliphatic carbocycles. The Labute approximate surface area is 122 Å². The molecule has 0 fully saturated rings. The molecule has 0 radical (unpaired) electrons. The fourth-order valence-corrected chi connectivity index (χ4v) is 0. The van der Waals surface area contributed by atoms with Crippen LogP contribution >= 0.6 is 3.76 Å². The third-order valence-corrected chi connectivity index (χ3v) is 0. The molecule has 7 heavy (non-hydrogen) atoms. The van der Waals surface area contributed by atoms with E-state index in [9.17, 15) is 0 Å². The molecule has 36 valence electrons. The number of halogens is 1. The summed E-state index contributed by atoms with van der Waals surface area (Å²) in [5, 5.41) is 7.57. The smallest absolute Gasteiger partial charge is 0.870 e. The first-order chi connectivity index (χ1) is 2.41. The van der Waals surface area contributed by atoms with Crippen molar-refractivity contribution in [1.29, 1.82) is 0 Å². The molecule has 0 bridgehead atoms. The van der Waals surface area contributed by atoms with E-state index in [1.807, 2.05) is 0 Å². The molecule has 0 unspecified atom stereocenters. The second-order valence-corrected chi connectivity index (χ2v) is 0.316. The summed E-state index contributed by atoms with van der Waals surface area (Å²) in [4.78, 5) is 0. The van der Waals surface area contributed by atoms with Crippen LogP contribution in [0.5, 0.6) is 0 Å². The van der Waals surface area contributed by atoms with Gasteiger partial charge in [-0.3, -0.25) is 0 Å². The molecule has 0 aromatic heterocycles. The van der Waals surface area contributed by atoms with Gasteiger partial charge in [-0.15, -0.1) is 0 Å². The summed E-state index contributed by atoms with van der Waals surface area (Å²) in [6.07, 6.45) is 0. The molecular weight excluding hydrogens is 170 g/mol. The first kappa shape index (κ1) is 22.4. The van der Waals surface area contributed by atoms with Crippen molar-refractivity contribution in [2.24, 2.45) is 0 Å². The summed E-state index contributed by atoms with van der Waals surface area (Å²) in [7, 11) is 0. The van der Waals surface area contributed by atoms with Gasteiger partial charge in [-0.25, -0.2) is 0 Å². The second kappa shape index (κ2) is 34.0. The third-order valence-electron chi connectivity index (χ3n) is 0. The minimum Gasteiger partial charge on any atom is -0.870 e. The van der Waals surface area contributed by atoms with Crippen molar-refractivity contribution in [3.63, 3.8) is 0 Å². The summed E-state index contributed by atoms with van der Waals surface area (Å²) < 4.78 is 4.83. The van der Waals surface area contributed by atoms with Crippen LogP contribution < -0.4 is 51.4 Å². The summed E-state index contributed by atoms with van der Waals surface area (Å²) in [6.45, 7) is 1.93. The Bertz CT molecular complexity index is 13.7. The van der Waals surface area contributed by atoms with E-state index in [1.54, 1.807) is 6.92 Å². The second-order valence-electron chi connectivity index (χ2n) is 0.316. The zero-order valence-corrected chi connectivity index (χ0v) is 12.0. The number of hydrogen-bond donors (Lipinski definition) is 1. The molecule has 0 aromatic rings. The van der Waals surface area contributed by atoms with Crippen LogP contribution in [-0.2, 0) is 0 Å². The Hall–Kier alpha value is 3.48. The molecule has 5 heteroatoms. The van der Waals surface area contributed by atoms with Crippen molar-refractivity contribution >= 4 is 50.9 Å². The number of rotatable bonds is 0. The molecule has 2 nitrogen and oxygen atoms in total. The van der Waals surface area contributed by atoms with Gasteiger partial charge in [0.15, 0.2) is 0 Å². The van der Waals surface area contributed by atoms with Gasteiger partial charge in [-0.1, -0.05) is 0 Å². The normalized spacial score (nSPS) is 3.57. The van der Waals surface area contributed by atoms with Crippen LogP contribution in [0, 0.1) is 0 Å². The molecule has 0 rings (SSSR count). The van der Waals surface area contributed by atoms with Gasteiger partial charge in [0.05, 0.1) is 0 Å². The molecular formula is C2H7ClK2O2. The maximum Gasteiger partial charge on any atom is 1.00 e. The largest absolute Gasteiger partial charge is 1.00 e. The molecule has 0 spiro atoms. The van der Waals surface area contributed by atoms with Crippen molar-refractivity contribution in [3.8, 4) is 0 Å². The van der Waals surface area contributed by atoms with Gasteiger partial charge in [0, 0.05) is 6.61 Å². The van der Waals surface area contributed by atoms with Crippen LogP contribution in [0.15, 0.2) is 0 Å². The third kappa shape index (κ3) is 43.8. The monoisotopic (exact) mass is 176 g/mol. The van der Waals surface area contributed by atoms with E-state index in [-0.39, 0.29) is 63.5 Å².